The minimum Gasteiger partial charge on any atom is -0.207 e. The number of hydrogen-bond donors (Lipinski definition) is 0. The van der Waals surface area contributed by atoms with Crippen LogP contribution in [0.1, 0.15) is 51.2 Å². The Morgan fingerprint density at radius 1 is 0.957 bits per heavy atom. The van der Waals surface area contributed by atoms with Gasteiger partial charge in [-0.05, 0) is 56.0 Å². The van der Waals surface area contributed by atoms with Crippen LogP contribution in [-0.2, 0) is 0 Å². The van der Waals surface area contributed by atoms with Gasteiger partial charge in [0, 0.05) is 5.92 Å². The van der Waals surface area contributed by atoms with E-state index in [2.05, 4.69) is 58.0 Å². The van der Waals surface area contributed by atoms with Crippen molar-refractivity contribution in [1.29, 1.82) is 0 Å². The van der Waals surface area contributed by atoms with Crippen LogP contribution < -0.4 is 0 Å². The van der Waals surface area contributed by atoms with Crippen LogP contribution in [0.15, 0.2) is 71.8 Å². The highest BCUT2D eigenvalue weighted by Crippen LogP contribution is 2.34. The fourth-order valence-electron chi connectivity index (χ4n) is 3.01. The van der Waals surface area contributed by atoms with Crippen molar-refractivity contribution in [2.75, 3.05) is 0 Å². The molecule has 2 rings (SSSR count). The van der Waals surface area contributed by atoms with Crippen molar-refractivity contribution in [1.82, 2.24) is 0 Å². The van der Waals surface area contributed by atoms with Crippen molar-refractivity contribution < 1.29 is 4.39 Å². The zero-order valence-corrected chi connectivity index (χ0v) is 14.4. The van der Waals surface area contributed by atoms with Crippen LogP contribution in [0.25, 0.3) is 5.57 Å². The molecule has 0 saturated heterocycles. The maximum atomic E-state index is 13.2. The first kappa shape index (κ1) is 17.2. The van der Waals surface area contributed by atoms with Crippen LogP contribution in [0.5, 0.6) is 0 Å². The first-order chi connectivity index (χ1) is 11.0. The molecule has 1 unspecified atom stereocenters. The second kappa shape index (κ2) is 7.92. The lowest BCUT2D eigenvalue weighted by Crippen LogP contribution is -2.02. The maximum Gasteiger partial charge on any atom is 0.123 e. The minimum absolute atomic E-state index is 0.183. The van der Waals surface area contributed by atoms with Crippen LogP contribution in [0.4, 0.5) is 4.39 Å². The highest BCUT2D eigenvalue weighted by molar-refractivity contribution is 5.78. The number of rotatable bonds is 5. The molecule has 120 valence electrons. The summed E-state index contributed by atoms with van der Waals surface area (Å²) in [6.45, 7) is 8.62. The van der Waals surface area contributed by atoms with E-state index >= 15 is 0 Å². The zero-order valence-electron chi connectivity index (χ0n) is 14.4. The topological polar surface area (TPSA) is 0 Å². The van der Waals surface area contributed by atoms with Crippen molar-refractivity contribution >= 4 is 5.57 Å². The summed E-state index contributed by atoms with van der Waals surface area (Å²) in [7, 11) is 0. The fourth-order valence-corrected chi connectivity index (χ4v) is 3.01. The van der Waals surface area contributed by atoms with Gasteiger partial charge in [0.15, 0.2) is 0 Å². The van der Waals surface area contributed by atoms with Gasteiger partial charge >= 0.3 is 0 Å². The Balaban J connectivity index is 2.55. The van der Waals surface area contributed by atoms with Crippen molar-refractivity contribution in [2.45, 2.75) is 40.0 Å². The molecule has 0 aliphatic heterocycles. The highest BCUT2D eigenvalue weighted by Gasteiger charge is 2.15. The molecule has 0 fully saturated rings. The number of allylic oxidation sites excluding steroid dienone is 4. The van der Waals surface area contributed by atoms with Gasteiger partial charge in [0.2, 0.25) is 0 Å². The van der Waals surface area contributed by atoms with Crippen LogP contribution in [0.3, 0.4) is 0 Å². The van der Waals surface area contributed by atoms with Crippen molar-refractivity contribution in [3.63, 3.8) is 0 Å². The van der Waals surface area contributed by atoms with Gasteiger partial charge in [-0.15, -0.1) is 0 Å². The standard InChI is InChI=1S/C22H25F/c1-5-21(19-11-13-20(23)14-12-19)17(4)22(15-16(2)3)18-9-7-6-8-10-18/h6-15,21H,5H2,1-4H3/b22-17-. The van der Waals surface area contributed by atoms with E-state index in [-0.39, 0.29) is 5.82 Å². The van der Waals surface area contributed by atoms with Crippen molar-refractivity contribution in [3.05, 3.63) is 88.8 Å². The van der Waals surface area contributed by atoms with Crippen LogP contribution in [0, 0.1) is 5.82 Å². The lowest BCUT2D eigenvalue weighted by molar-refractivity contribution is 0.625. The number of hydrogen-bond acceptors (Lipinski definition) is 0. The molecular formula is C22H25F. The van der Waals surface area contributed by atoms with E-state index in [4.69, 9.17) is 0 Å². The van der Waals surface area contributed by atoms with Crippen LogP contribution in [-0.4, -0.2) is 0 Å². The van der Waals surface area contributed by atoms with Crippen molar-refractivity contribution in [2.24, 2.45) is 0 Å². The molecule has 0 aliphatic rings. The van der Waals surface area contributed by atoms with E-state index in [0.717, 1.165) is 6.42 Å². The minimum atomic E-state index is -0.183. The van der Waals surface area contributed by atoms with Gasteiger partial charge in [0.1, 0.15) is 5.82 Å². The third-order valence-corrected chi connectivity index (χ3v) is 4.15. The van der Waals surface area contributed by atoms with Gasteiger partial charge < -0.3 is 0 Å². The first-order valence-electron chi connectivity index (χ1n) is 8.19. The molecular weight excluding hydrogens is 283 g/mol. The second-order valence-electron chi connectivity index (χ2n) is 6.20. The number of benzene rings is 2. The van der Waals surface area contributed by atoms with Gasteiger partial charge in [-0.3, -0.25) is 0 Å². The quantitative estimate of drug-likeness (QED) is 0.535. The molecule has 23 heavy (non-hydrogen) atoms. The first-order valence-corrected chi connectivity index (χ1v) is 8.19. The summed E-state index contributed by atoms with van der Waals surface area (Å²) in [5.74, 6) is 0.110. The van der Waals surface area contributed by atoms with E-state index < -0.39 is 0 Å². The van der Waals surface area contributed by atoms with Crippen molar-refractivity contribution in [3.8, 4) is 0 Å². The summed E-state index contributed by atoms with van der Waals surface area (Å²) in [6.07, 6.45) is 3.24. The summed E-state index contributed by atoms with van der Waals surface area (Å²) < 4.78 is 13.2. The fraction of sp³-hybridized carbons (Fsp3) is 0.273. The predicted molar refractivity (Wildman–Crippen MR) is 97.9 cm³/mol. The smallest absolute Gasteiger partial charge is 0.123 e. The third-order valence-electron chi connectivity index (χ3n) is 4.15. The Kier molecular flexibility index (Phi) is 5.92. The second-order valence-corrected chi connectivity index (χ2v) is 6.20. The summed E-state index contributed by atoms with van der Waals surface area (Å²) in [5.41, 5.74) is 6.26. The molecule has 1 heteroatoms. The molecule has 0 saturated carbocycles. The molecule has 0 spiro atoms. The van der Waals surface area contributed by atoms with Gasteiger partial charge in [-0.2, -0.15) is 0 Å². The number of halogens is 1. The van der Waals surface area contributed by atoms with Crippen LogP contribution in [0.2, 0.25) is 0 Å². The largest absolute Gasteiger partial charge is 0.207 e. The van der Waals surface area contributed by atoms with E-state index in [1.165, 1.54) is 27.8 Å². The molecule has 0 aliphatic carbocycles. The van der Waals surface area contributed by atoms with Gasteiger partial charge in [0.05, 0.1) is 0 Å². The Morgan fingerprint density at radius 3 is 2.09 bits per heavy atom. The Morgan fingerprint density at radius 2 is 1.57 bits per heavy atom. The Bertz CT molecular complexity index is 687. The third kappa shape index (κ3) is 4.41. The predicted octanol–water partition coefficient (Wildman–Crippen LogP) is 6.76. The Labute approximate surface area is 139 Å². The molecule has 0 bridgehead atoms. The summed E-state index contributed by atoms with van der Waals surface area (Å²) >= 11 is 0. The molecule has 0 aromatic heterocycles. The lowest BCUT2D eigenvalue weighted by atomic mass is 9.84. The normalized spacial score (nSPS) is 13.3. The summed E-state index contributed by atoms with van der Waals surface area (Å²) in [5, 5.41) is 0. The van der Waals surface area contributed by atoms with E-state index in [1.807, 2.05) is 18.2 Å². The van der Waals surface area contributed by atoms with E-state index in [9.17, 15) is 4.39 Å². The highest BCUT2D eigenvalue weighted by atomic mass is 19.1. The molecule has 1 atom stereocenters. The monoisotopic (exact) mass is 308 g/mol. The van der Waals surface area contributed by atoms with Crippen LogP contribution >= 0.6 is 0 Å². The maximum absolute atomic E-state index is 13.2. The van der Waals surface area contributed by atoms with E-state index in [1.54, 1.807) is 12.1 Å². The molecule has 0 nitrogen and oxygen atoms in total. The molecule has 2 aromatic carbocycles. The lowest BCUT2D eigenvalue weighted by Gasteiger charge is -2.20. The van der Waals surface area contributed by atoms with Gasteiger partial charge in [-0.25, -0.2) is 4.39 Å². The average molecular weight is 308 g/mol. The van der Waals surface area contributed by atoms with Gasteiger partial charge in [0.25, 0.3) is 0 Å². The van der Waals surface area contributed by atoms with Gasteiger partial charge in [-0.1, -0.05) is 66.6 Å². The summed E-state index contributed by atoms with van der Waals surface area (Å²) in [4.78, 5) is 0. The summed E-state index contributed by atoms with van der Waals surface area (Å²) in [6, 6.07) is 17.4. The molecule has 0 N–H and O–H groups in total. The Hall–Kier alpha value is -2.15. The zero-order chi connectivity index (χ0) is 16.8. The van der Waals surface area contributed by atoms with E-state index in [0.29, 0.717) is 5.92 Å². The molecule has 0 amide bonds. The molecule has 2 aromatic rings. The molecule has 0 radical (unpaired) electrons. The SMILES string of the molecule is CCC(/C(C)=C(/C=C(C)C)c1ccccc1)c1ccc(F)cc1. The average Bonchev–Trinajstić information content (AvgIpc) is 2.55. The molecule has 0 heterocycles.